The van der Waals surface area contributed by atoms with Crippen molar-refractivity contribution in [1.29, 1.82) is 0 Å². The van der Waals surface area contributed by atoms with Gasteiger partial charge in [0.05, 0.1) is 6.61 Å². The molecule has 0 unspecified atom stereocenters. The van der Waals surface area contributed by atoms with Crippen LogP contribution in [0.3, 0.4) is 0 Å². The molecule has 2 aliphatic heterocycles. The molecule has 0 aromatic carbocycles. The number of rotatable bonds is 3. The fourth-order valence-corrected chi connectivity index (χ4v) is 3.21. The number of pyridine rings is 1. The Morgan fingerprint density at radius 1 is 1.43 bits per heavy atom. The van der Waals surface area contributed by atoms with Crippen molar-refractivity contribution in [2.45, 2.75) is 26.7 Å². The van der Waals surface area contributed by atoms with Crippen LogP contribution in [-0.2, 0) is 9.47 Å². The molecule has 0 saturated carbocycles. The summed E-state index contributed by atoms with van der Waals surface area (Å²) in [5.41, 5.74) is 1.92. The molecule has 0 N–H and O–H groups in total. The molecule has 1 aromatic rings. The molecule has 0 atom stereocenters. The first-order chi connectivity index (χ1) is 10.1. The van der Waals surface area contributed by atoms with Crippen LogP contribution in [0.25, 0.3) is 0 Å². The Morgan fingerprint density at radius 2 is 2.14 bits per heavy atom. The number of hydrogen-bond donors (Lipinski definition) is 0. The van der Waals surface area contributed by atoms with Gasteiger partial charge in [-0.25, -0.2) is 9.78 Å². The fourth-order valence-electron chi connectivity index (χ4n) is 3.21. The molecule has 2 fully saturated rings. The molecule has 0 radical (unpaired) electrons. The van der Waals surface area contributed by atoms with Gasteiger partial charge < -0.3 is 14.4 Å². The summed E-state index contributed by atoms with van der Waals surface area (Å²) in [4.78, 5) is 18.8. The summed E-state index contributed by atoms with van der Waals surface area (Å²) in [7, 11) is 0. The molecule has 2 saturated heterocycles. The molecule has 114 valence electrons. The average Bonchev–Trinajstić information content (AvgIpc) is 2.46. The fraction of sp³-hybridized carbons (Fsp3) is 0.625. The summed E-state index contributed by atoms with van der Waals surface area (Å²) in [6.07, 6.45) is 4.02. The monoisotopic (exact) mass is 290 g/mol. The summed E-state index contributed by atoms with van der Waals surface area (Å²) >= 11 is 0. The molecule has 21 heavy (non-hydrogen) atoms. The number of nitrogens with zero attached hydrogens (tertiary/aromatic N) is 2. The van der Waals surface area contributed by atoms with Gasteiger partial charge >= 0.3 is 5.97 Å². The highest BCUT2D eigenvalue weighted by Crippen LogP contribution is 2.42. The van der Waals surface area contributed by atoms with Gasteiger partial charge in [-0.2, -0.15) is 0 Å². The average molecular weight is 290 g/mol. The highest BCUT2D eigenvalue weighted by molar-refractivity contribution is 5.95. The van der Waals surface area contributed by atoms with Crippen LogP contribution < -0.4 is 4.90 Å². The first-order valence-electron chi connectivity index (χ1n) is 7.60. The maximum atomic E-state index is 12.1. The molecule has 1 spiro atoms. The summed E-state index contributed by atoms with van der Waals surface area (Å²) in [6, 6.07) is 1.87. The standard InChI is InChI=1S/C16H22N2O3/c1-3-21-15(19)13-8-12(2)9-17-14(13)18-10-16(11-18)4-6-20-7-5-16/h8-9H,3-7,10-11H2,1-2H3. The SMILES string of the molecule is CCOC(=O)c1cc(C)cnc1N1CC2(CCOCC2)C1. The van der Waals surface area contributed by atoms with Gasteiger partial charge in [0.1, 0.15) is 11.4 Å². The number of ether oxygens (including phenoxy) is 2. The van der Waals surface area contributed by atoms with Crippen molar-refractivity contribution >= 4 is 11.8 Å². The number of esters is 1. The first kappa shape index (κ1) is 14.3. The number of carbonyl (C=O) groups is 1. The predicted octanol–water partition coefficient (Wildman–Crippen LogP) is 2.18. The van der Waals surface area contributed by atoms with E-state index in [-0.39, 0.29) is 5.97 Å². The number of hydrogen-bond acceptors (Lipinski definition) is 5. The van der Waals surface area contributed by atoms with Crippen LogP contribution >= 0.6 is 0 Å². The highest BCUT2D eigenvalue weighted by Gasteiger charge is 2.45. The number of anilines is 1. The van der Waals surface area contributed by atoms with E-state index >= 15 is 0 Å². The summed E-state index contributed by atoms with van der Waals surface area (Å²) in [5.74, 6) is 0.479. The lowest BCUT2D eigenvalue weighted by molar-refractivity contribution is -0.000611. The molecule has 3 rings (SSSR count). The van der Waals surface area contributed by atoms with Crippen molar-refractivity contribution in [3.63, 3.8) is 0 Å². The van der Waals surface area contributed by atoms with Gasteiger partial charge in [0.2, 0.25) is 0 Å². The second-order valence-corrected chi connectivity index (χ2v) is 6.07. The number of aryl methyl sites for hydroxylation is 1. The van der Waals surface area contributed by atoms with E-state index in [2.05, 4.69) is 9.88 Å². The minimum Gasteiger partial charge on any atom is -0.462 e. The van der Waals surface area contributed by atoms with Crippen molar-refractivity contribution in [2.75, 3.05) is 37.8 Å². The van der Waals surface area contributed by atoms with E-state index < -0.39 is 0 Å². The van der Waals surface area contributed by atoms with Crippen molar-refractivity contribution in [2.24, 2.45) is 5.41 Å². The molecule has 2 aliphatic rings. The van der Waals surface area contributed by atoms with Crippen LogP contribution in [0.2, 0.25) is 0 Å². The van der Waals surface area contributed by atoms with Gasteiger partial charge in [-0.3, -0.25) is 0 Å². The molecular weight excluding hydrogens is 268 g/mol. The molecule has 5 nitrogen and oxygen atoms in total. The Morgan fingerprint density at radius 3 is 2.81 bits per heavy atom. The van der Waals surface area contributed by atoms with Crippen LogP contribution in [0, 0.1) is 12.3 Å². The lowest BCUT2D eigenvalue weighted by Crippen LogP contribution is -2.59. The van der Waals surface area contributed by atoms with Crippen LogP contribution in [0.5, 0.6) is 0 Å². The van der Waals surface area contributed by atoms with Gasteiger partial charge in [0.25, 0.3) is 0 Å². The lowest BCUT2D eigenvalue weighted by atomic mass is 9.73. The highest BCUT2D eigenvalue weighted by atomic mass is 16.5. The first-order valence-corrected chi connectivity index (χ1v) is 7.60. The van der Waals surface area contributed by atoms with E-state index in [0.717, 1.165) is 50.5 Å². The number of aromatic nitrogens is 1. The molecule has 0 bridgehead atoms. The second-order valence-electron chi connectivity index (χ2n) is 6.07. The third-order valence-corrected chi connectivity index (χ3v) is 4.40. The van der Waals surface area contributed by atoms with E-state index in [1.807, 2.05) is 26.1 Å². The van der Waals surface area contributed by atoms with Crippen molar-refractivity contribution in [3.05, 3.63) is 23.4 Å². The Labute approximate surface area is 125 Å². The zero-order chi connectivity index (χ0) is 14.9. The van der Waals surface area contributed by atoms with Gasteiger partial charge in [-0.1, -0.05) is 0 Å². The van der Waals surface area contributed by atoms with Crippen molar-refractivity contribution < 1.29 is 14.3 Å². The van der Waals surface area contributed by atoms with Crippen LogP contribution in [0.15, 0.2) is 12.3 Å². The van der Waals surface area contributed by atoms with Crippen LogP contribution in [-0.4, -0.2) is 43.9 Å². The summed E-state index contributed by atoms with van der Waals surface area (Å²) in [6.45, 7) is 7.75. The Kier molecular flexibility index (Phi) is 3.85. The Balaban J connectivity index is 1.78. The zero-order valence-electron chi connectivity index (χ0n) is 12.7. The molecule has 0 amide bonds. The second kappa shape index (κ2) is 5.64. The molecule has 5 heteroatoms. The third-order valence-electron chi connectivity index (χ3n) is 4.40. The van der Waals surface area contributed by atoms with Crippen LogP contribution in [0.4, 0.5) is 5.82 Å². The van der Waals surface area contributed by atoms with E-state index in [9.17, 15) is 4.79 Å². The Hall–Kier alpha value is -1.62. The summed E-state index contributed by atoms with van der Waals surface area (Å²) in [5, 5.41) is 0. The van der Waals surface area contributed by atoms with Gasteiger partial charge in [-0.05, 0) is 38.3 Å². The minimum absolute atomic E-state index is 0.281. The molecular formula is C16H22N2O3. The molecule has 3 heterocycles. The lowest BCUT2D eigenvalue weighted by Gasteiger charge is -2.53. The Bertz CT molecular complexity index is 530. The van der Waals surface area contributed by atoms with E-state index in [0.29, 0.717) is 17.6 Å². The van der Waals surface area contributed by atoms with Crippen LogP contribution in [0.1, 0.15) is 35.7 Å². The van der Waals surface area contributed by atoms with E-state index in [1.54, 1.807) is 0 Å². The van der Waals surface area contributed by atoms with Gasteiger partial charge in [0.15, 0.2) is 0 Å². The maximum Gasteiger partial charge on any atom is 0.341 e. The number of carbonyl (C=O) groups excluding carboxylic acids is 1. The maximum absolute atomic E-state index is 12.1. The normalized spacial score (nSPS) is 20.2. The third kappa shape index (κ3) is 2.75. The van der Waals surface area contributed by atoms with Gasteiger partial charge in [-0.15, -0.1) is 0 Å². The van der Waals surface area contributed by atoms with Gasteiger partial charge in [0, 0.05) is 37.9 Å². The quantitative estimate of drug-likeness (QED) is 0.799. The molecule has 0 aliphatic carbocycles. The predicted molar refractivity (Wildman–Crippen MR) is 79.6 cm³/mol. The minimum atomic E-state index is -0.281. The van der Waals surface area contributed by atoms with E-state index in [1.165, 1.54) is 0 Å². The molecule has 1 aromatic heterocycles. The smallest absolute Gasteiger partial charge is 0.341 e. The zero-order valence-corrected chi connectivity index (χ0v) is 12.7. The van der Waals surface area contributed by atoms with Crippen molar-refractivity contribution in [1.82, 2.24) is 4.98 Å². The van der Waals surface area contributed by atoms with E-state index in [4.69, 9.17) is 9.47 Å². The van der Waals surface area contributed by atoms with Crippen molar-refractivity contribution in [3.8, 4) is 0 Å². The summed E-state index contributed by atoms with van der Waals surface area (Å²) < 4.78 is 10.6. The largest absolute Gasteiger partial charge is 0.462 e. The topological polar surface area (TPSA) is 51.7 Å².